The van der Waals surface area contributed by atoms with Crippen LogP contribution >= 0.6 is 24.8 Å². The van der Waals surface area contributed by atoms with E-state index < -0.39 is 0 Å². The Bertz CT molecular complexity index is 339. The highest BCUT2D eigenvalue weighted by Crippen LogP contribution is 2.28. The normalized spacial score (nSPS) is 26.8. The largest absolute Gasteiger partial charge is 0.375 e. The van der Waals surface area contributed by atoms with Crippen LogP contribution in [0.2, 0.25) is 0 Å². The lowest BCUT2D eigenvalue weighted by molar-refractivity contribution is -0.129. The number of nitrogens with zero attached hydrogens (tertiary/aromatic N) is 1. The maximum atomic E-state index is 12.3. The summed E-state index contributed by atoms with van der Waals surface area (Å²) >= 11 is 0. The van der Waals surface area contributed by atoms with E-state index in [1.54, 1.807) is 0 Å². The van der Waals surface area contributed by atoms with Gasteiger partial charge in [0.05, 0.1) is 12.7 Å². The van der Waals surface area contributed by atoms with Crippen molar-refractivity contribution in [1.82, 2.24) is 15.5 Å². The minimum absolute atomic E-state index is 0. The second-order valence-electron chi connectivity index (χ2n) is 6.68. The van der Waals surface area contributed by atoms with E-state index in [4.69, 9.17) is 4.74 Å². The third-order valence-corrected chi connectivity index (χ3v) is 4.94. The fourth-order valence-electron chi connectivity index (χ4n) is 3.63. The molecule has 0 aromatic carbocycles. The number of halogens is 2. The van der Waals surface area contributed by atoms with Crippen LogP contribution in [0.1, 0.15) is 39.0 Å². The van der Waals surface area contributed by atoms with Crippen molar-refractivity contribution >= 4 is 30.7 Å². The number of carbonyl (C=O) groups is 1. The van der Waals surface area contributed by atoms with Gasteiger partial charge in [-0.05, 0) is 39.8 Å². The molecule has 0 aromatic heterocycles. The van der Waals surface area contributed by atoms with E-state index in [-0.39, 0.29) is 42.9 Å². The maximum Gasteiger partial charge on any atom is 0.239 e. The van der Waals surface area contributed by atoms with Crippen molar-refractivity contribution in [2.75, 3.05) is 33.8 Å². The van der Waals surface area contributed by atoms with Crippen molar-refractivity contribution in [1.29, 1.82) is 0 Å². The van der Waals surface area contributed by atoms with E-state index in [9.17, 15) is 4.79 Å². The third-order valence-electron chi connectivity index (χ3n) is 4.94. The average Bonchev–Trinajstić information content (AvgIpc) is 2.48. The summed E-state index contributed by atoms with van der Waals surface area (Å²) in [5, 5.41) is 6.39. The predicted octanol–water partition coefficient (Wildman–Crippen LogP) is 1.83. The molecule has 0 spiro atoms. The number of hydrogen-bond donors (Lipinski definition) is 2. The number of carbonyl (C=O) groups excluding carboxylic acids is 1. The predicted molar refractivity (Wildman–Crippen MR) is 98.8 cm³/mol. The van der Waals surface area contributed by atoms with Gasteiger partial charge in [-0.25, -0.2) is 0 Å². The molecule has 2 aliphatic rings. The summed E-state index contributed by atoms with van der Waals surface area (Å²) in [4.78, 5) is 14.6. The van der Waals surface area contributed by atoms with Crippen LogP contribution in [-0.4, -0.2) is 62.8 Å². The van der Waals surface area contributed by atoms with Crippen LogP contribution in [0.5, 0.6) is 0 Å². The second-order valence-corrected chi connectivity index (χ2v) is 6.68. The van der Waals surface area contributed by atoms with Crippen LogP contribution < -0.4 is 10.6 Å². The Morgan fingerprint density at radius 1 is 1.26 bits per heavy atom. The third kappa shape index (κ3) is 6.75. The molecule has 1 unspecified atom stereocenters. The molecule has 1 heterocycles. The summed E-state index contributed by atoms with van der Waals surface area (Å²) in [5.74, 6) is 0.784. The van der Waals surface area contributed by atoms with Crippen molar-refractivity contribution in [3.8, 4) is 0 Å². The van der Waals surface area contributed by atoms with Gasteiger partial charge in [-0.1, -0.05) is 19.3 Å². The minimum atomic E-state index is -0.215. The van der Waals surface area contributed by atoms with E-state index in [1.807, 2.05) is 6.92 Å². The zero-order valence-electron chi connectivity index (χ0n) is 14.5. The Morgan fingerprint density at radius 3 is 2.48 bits per heavy atom. The van der Waals surface area contributed by atoms with Crippen LogP contribution in [0.4, 0.5) is 0 Å². The van der Waals surface area contributed by atoms with E-state index in [1.165, 1.54) is 32.1 Å². The first kappa shape index (κ1) is 22.9. The topological polar surface area (TPSA) is 53.6 Å². The Morgan fingerprint density at radius 2 is 1.91 bits per heavy atom. The molecule has 23 heavy (non-hydrogen) atoms. The zero-order chi connectivity index (χ0) is 15.2. The molecule has 1 saturated carbocycles. The van der Waals surface area contributed by atoms with Gasteiger partial charge in [-0.15, -0.1) is 24.8 Å². The highest BCUT2D eigenvalue weighted by molar-refractivity contribution is 5.85. The van der Waals surface area contributed by atoms with E-state index in [2.05, 4.69) is 29.6 Å². The van der Waals surface area contributed by atoms with Crippen molar-refractivity contribution < 1.29 is 9.53 Å². The molecule has 3 atom stereocenters. The highest BCUT2D eigenvalue weighted by atomic mass is 35.5. The maximum absolute atomic E-state index is 12.3. The number of ether oxygens (including phenoxy) is 1. The van der Waals surface area contributed by atoms with Crippen molar-refractivity contribution in [3.63, 3.8) is 0 Å². The van der Waals surface area contributed by atoms with Crippen LogP contribution in [-0.2, 0) is 9.53 Å². The number of hydrogen-bond acceptors (Lipinski definition) is 4. The lowest BCUT2D eigenvalue weighted by Gasteiger charge is -2.36. The zero-order valence-corrected chi connectivity index (χ0v) is 16.2. The number of rotatable bonds is 5. The minimum Gasteiger partial charge on any atom is -0.375 e. The number of amides is 1. The molecule has 0 aromatic rings. The molecular weight excluding hydrogens is 337 g/mol. The molecule has 0 radical (unpaired) electrons. The molecule has 1 aliphatic heterocycles. The smallest absolute Gasteiger partial charge is 0.239 e. The Labute approximate surface area is 153 Å². The van der Waals surface area contributed by atoms with Crippen molar-refractivity contribution in [2.24, 2.45) is 5.92 Å². The highest BCUT2D eigenvalue weighted by Gasteiger charge is 2.30. The van der Waals surface area contributed by atoms with Gasteiger partial charge in [-0.2, -0.15) is 0 Å². The van der Waals surface area contributed by atoms with Gasteiger partial charge in [-0.3, -0.25) is 4.79 Å². The SMILES string of the molecule is C[C@H]1OCCN[C@@H]1C(=O)NCC(C1CCCCC1)N(C)C.Cl.Cl. The van der Waals surface area contributed by atoms with Crippen molar-refractivity contribution in [3.05, 3.63) is 0 Å². The second kappa shape index (κ2) is 11.5. The molecule has 0 bridgehead atoms. The Kier molecular flexibility index (Phi) is 11.4. The summed E-state index contributed by atoms with van der Waals surface area (Å²) in [5.41, 5.74) is 0. The molecule has 5 nitrogen and oxygen atoms in total. The summed E-state index contributed by atoms with van der Waals surface area (Å²) in [7, 11) is 4.24. The van der Waals surface area contributed by atoms with Gasteiger partial charge in [0, 0.05) is 19.1 Å². The van der Waals surface area contributed by atoms with Gasteiger partial charge in [0.25, 0.3) is 0 Å². The first-order chi connectivity index (χ1) is 10.1. The quantitative estimate of drug-likeness (QED) is 0.776. The lowest BCUT2D eigenvalue weighted by atomic mass is 9.83. The first-order valence-electron chi connectivity index (χ1n) is 8.38. The van der Waals surface area contributed by atoms with E-state index >= 15 is 0 Å². The van der Waals surface area contributed by atoms with Crippen molar-refractivity contribution in [2.45, 2.75) is 57.2 Å². The molecule has 1 amide bonds. The molecular formula is C16H33Cl2N3O2. The summed E-state index contributed by atoms with van der Waals surface area (Å²) in [6.07, 6.45) is 6.56. The molecule has 1 aliphatic carbocycles. The van der Waals surface area contributed by atoms with E-state index in [0.717, 1.165) is 13.1 Å². The monoisotopic (exact) mass is 369 g/mol. The molecule has 2 N–H and O–H groups in total. The van der Waals surface area contributed by atoms with Gasteiger partial charge in [0.2, 0.25) is 5.91 Å². The van der Waals surface area contributed by atoms with Gasteiger partial charge in [0.15, 0.2) is 0 Å². The number of morpholine rings is 1. The summed E-state index contributed by atoms with van der Waals surface area (Å²) < 4.78 is 5.55. The van der Waals surface area contributed by atoms with Crippen LogP contribution in [0.3, 0.4) is 0 Å². The number of nitrogens with one attached hydrogen (secondary N) is 2. The lowest BCUT2D eigenvalue weighted by Crippen LogP contribution is -2.57. The van der Waals surface area contributed by atoms with E-state index in [0.29, 0.717) is 18.6 Å². The van der Waals surface area contributed by atoms with Gasteiger partial charge >= 0.3 is 0 Å². The summed E-state index contributed by atoms with van der Waals surface area (Å²) in [6, 6.07) is 0.224. The first-order valence-corrected chi connectivity index (χ1v) is 8.38. The molecule has 138 valence electrons. The number of likely N-dealkylation sites (N-methyl/N-ethyl adjacent to an activating group) is 1. The summed E-state index contributed by atoms with van der Waals surface area (Å²) in [6.45, 7) is 4.14. The molecule has 1 saturated heterocycles. The standard InChI is InChI=1S/C16H31N3O2.2ClH/c1-12-15(17-9-10-21-12)16(20)18-11-14(19(2)3)13-7-5-4-6-8-13;;/h12-15,17H,4-11H2,1-3H3,(H,18,20);2*1H/t12-,14?,15+;;/m1../s1. The van der Waals surface area contributed by atoms with Crippen LogP contribution in [0.25, 0.3) is 0 Å². The van der Waals surface area contributed by atoms with Gasteiger partial charge in [0.1, 0.15) is 6.04 Å². The van der Waals surface area contributed by atoms with Crippen LogP contribution in [0.15, 0.2) is 0 Å². The fourth-order valence-corrected chi connectivity index (χ4v) is 3.63. The Balaban J connectivity index is 0.00000242. The van der Waals surface area contributed by atoms with Crippen LogP contribution in [0, 0.1) is 5.92 Å². The fraction of sp³-hybridized carbons (Fsp3) is 0.938. The Hall–Kier alpha value is -0.0700. The molecule has 2 fully saturated rings. The molecule has 2 rings (SSSR count). The average molecular weight is 370 g/mol. The molecule has 7 heteroatoms. The van der Waals surface area contributed by atoms with Gasteiger partial charge < -0.3 is 20.3 Å².